The molecule has 4 aromatic rings. The number of rotatable bonds is 5. The van der Waals surface area contributed by atoms with Gasteiger partial charge in [0.2, 0.25) is 0 Å². The summed E-state index contributed by atoms with van der Waals surface area (Å²) < 4.78 is 1.90. The van der Waals surface area contributed by atoms with E-state index in [-0.39, 0.29) is 0 Å². The zero-order valence-corrected chi connectivity index (χ0v) is 16.3. The molecule has 1 aromatic carbocycles. The van der Waals surface area contributed by atoms with Gasteiger partial charge >= 0.3 is 0 Å². The van der Waals surface area contributed by atoms with Gasteiger partial charge in [-0.05, 0) is 42.7 Å². The maximum absolute atomic E-state index is 4.80. The van der Waals surface area contributed by atoms with Gasteiger partial charge in [-0.2, -0.15) is 0 Å². The maximum Gasteiger partial charge on any atom is 0.154 e. The fourth-order valence-electron chi connectivity index (χ4n) is 3.96. The van der Waals surface area contributed by atoms with Gasteiger partial charge in [0.05, 0.1) is 11.9 Å². The minimum Gasteiger partial charge on any atom is -0.366 e. The van der Waals surface area contributed by atoms with Gasteiger partial charge in [-0.3, -0.25) is 9.88 Å². The van der Waals surface area contributed by atoms with Gasteiger partial charge in [0.15, 0.2) is 5.65 Å². The standard InChI is InChI=1S/C23H24N6/c1-2-4-18(5-3-1)17-28-14-10-20(11-15-28)26-22-6-7-23-25-16-21(29(23)27-22)19-8-12-24-13-9-19/h1-9,12-13,16,20H,10-11,14-15,17H2,(H,26,27). The first-order valence-electron chi connectivity index (χ1n) is 10.1. The van der Waals surface area contributed by atoms with E-state index >= 15 is 0 Å². The summed E-state index contributed by atoms with van der Waals surface area (Å²) >= 11 is 0. The third-order valence-electron chi connectivity index (χ3n) is 5.53. The van der Waals surface area contributed by atoms with Crippen molar-refractivity contribution in [3.8, 4) is 11.3 Å². The Bertz CT molecular complexity index is 1070. The number of fused-ring (bicyclic) bond motifs is 1. The second-order valence-electron chi connectivity index (χ2n) is 7.55. The lowest BCUT2D eigenvalue weighted by Crippen LogP contribution is -2.38. The molecule has 1 fully saturated rings. The predicted octanol–water partition coefficient (Wildman–Crippen LogP) is 3.87. The molecule has 4 heterocycles. The number of hydrogen-bond acceptors (Lipinski definition) is 5. The van der Waals surface area contributed by atoms with Gasteiger partial charge in [0, 0.05) is 43.6 Å². The Morgan fingerprint density at radius 2 is 1.72 bits per heavy atom. The van der Waals surface area contributed by atoms with E-state index in [0.717, 1.165) is 55.2 Å². The SMILES string of the molecule is c1ccc(CN2CCC(Nc3ccc4ncc(-c5ccncc5)n4n3)CC2)cc1. The summed E-state index contributed by atoms with van der Waals surface area (Å²) in [5.74, 6) is 0.896. The second kappa shape index (κ2) is 8.01. The summed E-state index contributed by atoms with van der Waals surface area (Å²) in [4.78, 5) is 11.1. The molecule has 0 unspecified atom stereocenters. The van der Waals surface area contributed by atoms with Crippen molar-refractivity contribution in [3.05, 3.63) is 78.8 Å². The summed E-state index contributed by atoms with van der Waals surface area (Å²) in [5, 5.41) is 8.43. The van der Waals surface area contributed by atoms with Gasteiger partial charge in [-0.15, -0.1) is 5.10 Å². The van der Waals surface area contributed by atoms with Crippen LogP contribution in [0, 0.1) is 0 Å². The lowest BCUT2D eigenvalue weighted by atomic mass is 10.0. The molecule has 0 aliphatic carbocycles. The van der Waals surface area contributed by atoms with Crippen LogP contribution in [-0.2, 0) is 6.54 Å². The lowest BCUT2D eigenvalue weighted by molar-refractivity contribution is 0.211. The molecule has 1 aliphatic heterocycles. The molecule has 6 nitrogen and oxygen atoms in total. The Morgan fingerprint density at radius 3 is 2.52 bits per heavy atom. The van der Waals surface area contributed by atoms with Gasteiger partial charge < -0.3 is 5.32 Å². The molecule has 29 heavy (non-hydrogen) atoms. The van der Waals surface area contributed by atoms with E-state index in [9.17, 15) is 0 Å². The van der Waals surface area contributed by atoms with E-state index < -0.39 is 0 Å². The van der Waals surface area contributed by atoms with E-state index in [1.54, 1.807) is 12.4 Å². The van der Waals surface area contributed by atoms with Crippen molar-refractivity contribution in [2.75, 3.05) is 18.4 Å². The van der Waals surface area contributed by atoms with E-state index in [4.69, 9.17) is 5.10 Å². The van der Waals surface area contributed by atoms with Crippen LogP contribution in [0.4, 0.5) is 5.82 Å². The minimum absolute atomic E-state index is 0.444. The molecule has 6 heteroatoms. The van der Waals surface area contributed by atoms with Crippen LogP contribution in [0.3, 0.4) is 0 Å². The lowest BCUT2D eigenvalue weighted by Gasteiger charge is -2.32. The largest absolute Gasteiger partial charge is 0.366 e. The van der Waals surface area contributed by atoms with Crippen LogP contribution in [0.5, 0.6) is 0 Å². The first kappa shape index (κ1) is 17.8. The van der Waals surface area contributed by atoms with Crippen molar-refractivity contribution >= 4 is 11.5 Å². The summed E-state index contributed by atoms with van der Waals surface area (Å²) in [6.07, 6.45) is 7.69. The highest BCUT2D eigenvalue weighted by molar-refractivity contribution is 5.63. The van der Waals surface area contributed by atoms with Crippen molar-refractivity contribution < 1.29 is 0 Å². The summed E-state index contributed by atoms with van der Waals surface area (Å²) in [5.41, 5.74) is 4.27. The topological polar surface area (TPSA) is 58.3 Å². The zero-order chi connectivity index (χ0) is 19.5. The number of aromatic nitrogens is 4. The Labute approximate surface area is 170 Å². The third-order valence-corrected chi connectivity index (χ3v) is 5.53. The van der Waals surface area contributed by atoms with Crippen LogP contribution >= 0.6 is 0 Å². The molecule has 1 N–H and O–H groups in total. The maximum atomic E-state index is 4.80. The quantitative estimate of drug-likeness (QED) is 0.566. The smallest absolute Gasteiger partial charge is 0.154 e. The van der Waals surface area contributed by atoms with Crippen LogP contribution in [0.15, 0.2) is 73.2 Å². The van der Waals surface area contributed by atoms with Crippen LogP contribution in [0.1, 0.15) is 18.4 Å². The third kappa shape index (κ3) is 3.98. The highest BCUT2D eigenvalue weighted by Gasteiger charge is 2.20. The Hall–Kier alpha value is -3.25. The molecule has 5 rings (SSSR count). The average molecular weight is 384 g/mol. The van der Waals surface area contributed by atoms with Crippen molar-refractivity contribution in [2.24, 2.45) is 0 Å². The number of benzene rings is 1. The van der Waals surface area contributed by atoms with Gasteiger partial charge in [0.1, 0.15) is 5.82 Å². The number of anilines is 1. The van der Waals surface area contributed by atoms with Crippen LogP contribution in [0.25, 0.3) is 16.9 Å². The van der Waals surface area contributed by atoms with Crippen molar-refractivity contribution in [1.82, 2.24) is 24.5 Å². The molecule has 0 bridgehead atoms. The normalized spacial score (nSPS) is 15.6. The molecular weight excluding hydrogens is 360 g/mol. The van der Waals surface area contributed by atoms with Gasteiger partial charge in [-0.25, -0.2) is 9.50 Å². The number of likely N-dealkylation sites (tertiary alicyclic amines) is 1. The number of hydrogen-bond donors (Lipinski definition) is 1. The van der Waals surface area contributed by atoms with E-state index in [2.05, 4.69) is 50.5 Å². The molecule has 0 atom stereocenters. The molecule has 1 aliphatic rings. The van der Waals surface area contributed by atoms with Crippen LogP contribution in [0.2, 0.25) is 0 Å². The monoisotopic (exact) mass is 384 g/mol. The molecule has 3 aromatic heterocycles. The van der Waals surface area contributed by atoms with Gasteiger partial charge in [0.25, 0.3) is 0 Å². The summed E-state index contributed by atoms with van der Waals surface area (Å²) in [7, 11) is 0. The molecule has 0 saturated carbocycles. The zero-order valence-electron chi connectivity index (χ0n) is 16.3. The number of nitrogens with one attached hydrogen (secondary N) is 1. The van der Waals surface area contributed by atoms with Crippen molar-refractivity contribution in [3.63, 3.8) is 0 Å². The van der Waals surface area contributed by atoms with Crippen molar-refractivity contribution in [1.29, 1.82) is 0 Å². The Morgan fingerprint density at radius 1 is 0.931 bits per heavy atom. The number of piperidine rings is 1. The molecule has 0 radical (unpaired) electrons. The molecule has 0 amide bonds. The second-order valence-corrected chi connectivity index (χ2v) is 7.55. The molecule has 1 saturated heterocycles. The van der Waals surface area contributed by atoms with E-state index in [1.807, 2.05) is 35.0 Å². The van der Waals surface area contributed by atoms with Gasteiger partial charge in [-0.1, -0.05) is 30.3 Å². The highest BCUT2D eigenvalue weighted by Crippen LogP contribution is 2.21. The summed E-state index contributed by atoms with van der Waals surface area (Å²) in [6.45, 7) is 3.23. The summed E-state index contributed by atoms with van der Waals surface area (Å²) in [6, 6.07) is 19.2. The predicted molar refractivity (Wildman–Crippen MR) is 115 cm³/mol. The molecule has 0 spiro atoms. The molecular formula is C23H24N6. The number of pyridine rings is 1. The molecule has 146 valence electrons. The van der Waals surface area contributed by atoms with E-state index in [1.165, 1.54) is 5.56 Å². The average Bonchev–Trinajstić information content (AvgIpc) is 3.20. The Balaban J connectivity index is 1.25. The fourth-order valence-corrected chi connectivity index (χ4v) is 3.96. The van der Waals surface area contributed by atoms with Crippen LogP contribution in [-0.4, -0.2) is 43.6 Å². The fraction of sp³-hybridized carbons (Fsp3) is 0.261. The first-order chi connectivity index (χ1) is 14.3. The number of nitrogens with zero attached hydrogens (tertiary/aromatic N) is 5. The van der Waals surface area contributed by atoms with Crippen LogP contribution < -0.4 is 5.32 Å². The highest BCUT2D eigenvalue weighted by atomic mass is 15.3. The number of imidazole rings is 1. The van der Waals surface area contributed by atoms with E-state index in [0.29, 0.717) is 6.04 Å². The first-order valence-corrected chi connectivity index (χ1v) is 10.1. The minimum atomic E-state index is 0.444. The van der Waals surface area contributed by atoms with Crippen molar-refractivity contribution in [2.45, 2.75) is 25.4 Å². The Kier molecular flexibility index (Phi) is 4.92.